The number of phosphoric ester groups is 3. The summed E-state index contributed by atoms with van der Waals surface area (Å²) in [5.41, 5.74) is 4.24. The lowest BCUT2D eigenvalue weighted by Crippen LogP contribution is -2.46. The zero-order valence-electron chi connectivity index (χ0n) is 33.9. The molecule has 1 aliphatic rings. The number of carbonyl (C=O) groups excluding carboxylic acids is 3. The normalized spacial score (nSPS) is 21.5. The lowest BCUT2D eigenvalue weighted by molar-refractivity contribution is -0.137. The molecule has 0 spiro atoms. The summed E-state index contributed by atoms with van der Waals surface area (Å²) in [5.74, 6) is -1.26. The van der Waals surface area contributed by atoms with Gasteiger partial charge in [-0.25, -0.2) is 28.6 Å². The summed E-state index contributed by atoms with van der Waals surface area (Å²) < 4.78 is 62.2. The number of ether oxygens (including phenoxy) is 1. The standard InChI is InChI=1S/C33H54N7O18P3S/c1-4-5-6-7-8-9-10-11-21(41)16-24(43)62-15-14-35-23(42)12-13-36-31(46)28(45)33(2,3)18-55-61(52,53)58-60(50,51)54-17-22-27(57-59(47,48)49)26(44)32(56-22)40-20-39-25-29(34)37-19-38-30(25)40/h4-5,7-8,19-22,26-28,32,41,44-45H,6,9-18H2,1-3H3,(H,35,42)(H,36,46)(H,50,51)(H,52,53)(H2,34,37,38)(H2,47,48,49)/b5-4+,8-7+. The molecule has 1 fully saturated rings. The first-order valence-electron chi connectivity index (χ1n) is 18.9. The van der Waals surface area contributed by atoms with Crippen LogP contribution in [0.5, 0.6) is 0 Å². The van der Waals surface area contributed by atoms with Crippen molar-refractivity contribution in [1.82, 2.24) is 30.2 Å². The van der Waals surface area contributed by atoms with Crippen molar-refractivity contribution < 1.29 is 85.6 Å². The number of nitrogens with one attached hydrogen (secondary N) is 2. The molecule has 1 saturated heterocycles. The summed E-state index contributed by atoms with van der Waals surface area (Å²) in [4.78, 5) is 88.0. The highest BCUT2D eigenvalue weighted by atomic mass is 32.2. The largest absolute Gasteiger partial charge is 0.481 e. The quantitative estimate of drug-likeness (QED) is 0.0340. The number of aromatic nitrogens is 4. The van der Waals surface area contributed by atoms with Gasteiger partial charge in [0.2, 0.25) is 11.8 Å². The van der Waals surface area contributed by atoms with Gasteiger partial charge in [0.05, 0.1) is 25.6 Å². The van der Waals surface area contributed by atoms with Crippen molar-refractivity contribution >= 4 is 69.1 Å². The van der Waals surface area contributed by atoms with E-state index in [-0.39, 0.29) is 53.8 Å². The van der Waals surface area contributed by atoms with Crippen LogP contribution in [0.25, 0.3) is 11.2 Å². The molecule has 0 aliphatic carbocycles. The zero-order valence-corrected chi connectivity index (χ0v) is 37.4. The molecule has 350 valence electrons. The predicted octanol–water partition coefficient (Wildman–Crippen LogP) is 1.11. The first-order chi connectivity index (χ1) is 28.9. The lowest BCUT2D eigenvalue weighted by atomic mass is 9.87. The van der Waals surface area contributed by atoms with Crippen LogP contribution in [-0.4, -0.2) is 134 Å². The van der Waals surface area contributed by atoms with Crippen LogP contribution in [0.15, 0.2) is 37.0 Å². The number of allylic oxidation sites excluding steroid dienone is 4. The molecule has 11 N–H and O–H groups in total. The van der Waals surface area contributed by atoms with Crippen molar-refractivity contribution in [3.05, 3.63) is 37.0 Å². The molecule has 2 amide bonds. The van der Waals surface area contributed by atoms with Crippen LogP contribution in [0.4, 0.5) is 5.82 Å². The fourth-order valence-corrected chi connectivity index (χ4v) is 9.12. The van der Waals surface area contributed by atoms with Crippen LogP contribution in [0, 0.1) is 5.41 Å². The van der Waals surface area contributed by atoms with Crippen molar-refractivity contribution in [2.45, 2.75) is 96.0 Å². The first kappa shape index (κ1) is 53.3. The molecule has 0 aromatic carbocycles. The molecule has 62 heavy (non-hydrogen) atoms. The molecule has 25 nitrogen and oxygen atoms in total. The number of nitrogens with two attached hydrogens (primary N) is 1. The molecule has 3 rings (SSSR count). The minimum absolute atomic E-state index is 0.0111. The van der Waals surface area contributed by atoms with E-state index >= 15 is 0 Å². The van der Waals surface area contributed by atoms with Gasteiger partial charge in [0.25, 0.3) is 0 Å². The number of rotatable bonds is 27. The molecule has 0 bridgehead atoms. The fourth-order valence-electron chi connectivity index (χ4n) is 5.55. The Labute approximate surface area is 360 Å². The Hall–Kier alpha value is -3.00. The van der Waals surface area contributed by atoms with Gasteiger partial charge in [-0.3, -0.25) is 32.5 Å². The molecule has 2 aromatic heterocycles. The minimum Gasteiger partial charge on any atom is -0.393 e. The van der Waals surface area contributed by atoms with Crippen molar-refractivity contribution in [3.63, 3.8) is 0 Å². The third-order valence-corrected chi connectivity index (χ3v) is 12.7. The van der Waals surface area contributed by atoms with Crippen LogP contribution in [0.3, 0.4) is 0 Å². The van der Waals surface area contributed by atoms with E-state index in [1.54, 1.807) is 0 Å². The number of hydrogen-bond donors (Lipinski definition) is 10. The van der Waals surface area contributed by atoms with Crippen LogP contribution < -0.4 is 16.4 Å². The van der Waals surface area contributed by atoms with Gasteiger partial charge in [-0.1, -0.05) is 49.9 Å². The summed E-state index contributed by atoms with van der Waals surface area (Å²) in [6, 6.07) is 0. The zero-order chi connectivity index (χ0) is 46.3. The molecule has 1 aliphatic heterocycles. The average molecular weight is 962 g/mol. The second-order valence-electron chi connectivity index (χ2n) is 14.4. The maximum atomic E-state index is 12.7. The number of fused-ring (bicyclic) bond motifs is 1. The number of aliphatic hydroxyl groups is 3. The Morgan fingerprint density at radius 1 is 1.03 bits per heavy atom. The molecular weight excluding hydrogens is 907 g/mol. The van der Waals surface area contributed by atoms with Crippen LogP contribution in [0.1, 0.15) is 65.5 Å². The third kappa shape index (κ3) is 17.9. The van der Waals surface area contributed by atoms with Gasteiger partial charge < -0.3 is 56.0 Å². The molecule has 8 atom stereocenters. The van der Waals surface area contributed by atoms with E-state index in [1.807, 2.05) is 31.2 Å². The predicted molar refractivity (Wildman–Crippen MR) is 220 cm³/mol. The molecule has 2 aromatic rings. The van der Waals surface area contributed by atoms with Crippen molar-refractivity contribution in [2.24, 2.45) is 5.41 Å². The Morgan fingerprint density at radius 3 is 2.44 bits per heavy atom. The van der Waals surface area contributed by atoms with Gasteiger partial charge in [-0.2, -0.15) is 4.31 Å². The molecular formula is C33H54N7O18P3S. The van der Waals surface area contributed by atoms with Crippen molar-refractivity contribution in [2.75, 3.05) is 37.8 Å². The second kappa shape index (κ2) is 24.3. The number of phosphoric acid groups is 3. The summed E-state index contributed by atoms with van der Waals surface area (Å²) >= 11 is 0.970. The monoisotopic (exact) mass is 961 g/mol. The highest BCUT2D eigenvalue weighted by molar-refractivity contribution is 8.13. The van der Waals surface area contributed by atoms with Crippen LogP contribution >= 0.6 is 35.2 Å². The van der Waals surface area contributed by atoms with Crippen LogP contribution in [-0.2, 0) is 50.7 Å². The number of thioether (sulfide) groups is 1. The van der Waals surface area contributed by atoms with Gasteiger partial charge in [-0.05, 0) is 32.6 Å². The second-order valence-corrected chi connectivity index (χ2v) is 19.7. The van der Waals surface area contributed by atoms with Gasteiger partial charge in [0.1, 0.15) is 36.3 Å². The average Bonchev–Trinajstić information content (AvgIpc) is 3.74. The number of nitrogen functional groups attached to an aromatic ring is 1. The Balaban J connectivity index is 1.40. The van der Waals surface area contributed by atoms with E-state index in [9.17, 15) is 63.0 Å². The number of imidazole rings is 1. The number of unbranched alkanes of at least 4 members (excludes halogenated alkanes) is 1. The van der Waals surface area contributed by atoms with E-state index in [1.165, 1.54) is 13.8 Å². The van der Waals surface area contributed by atoms with E-state index in [2.05, 4.69) is 34.4 Å². The summed E-state index contributed by atoms with van der Waals surface area (Å²) in [5, 5.41) is 36.3. The molecule has 3 heterocycles. The minimum atomic E-state index is -5.59. The van der Waals surface area contributed by atoms with E-state index in [4.69, 9.17) is 19.5 Å². The van der Waals surface area contributed by atoms with Gasteiger partial charge >= 0.3 is 23.5 Å². The fraction of sp³-hybridized carbons (Fsp3) is 0.636. The SMILES string of the molecule is C/C=C/C/C=C/CCCC(O)CC(=O)SCCNC(=O)CCNC(=O)C(O)C(C)(C)COP(=O)(O)OP(=O)(O)OCC1OC(n2cnc3c(N)ncnc32)C(O)C1OP(=O)(O)O. The van der Waals surface area contributed by atoms with Crippen LogP contribution in [0.2, 0.25) is 0 Å². The van der Waals surface area contributed by atoms with Gasteiger partial charge in [0, 0.05) is 37.1 Å². The van der Waals surface area contributed by atoms with E-state index in [0.717, 1.165) is 48.2 Å². The third-order valence-electron chi connectivity index (χ3n) is 8.75. The molecule has 0 saturated carbocycles. The molecule has 0 radical (unpaired) electrons. The Morgan fingerprint density at radius 2 is 1.74 bits per heavy atom. The van der Waals surface area contributed by atoms with Crippen molar-refractivity contribution in [3.8, 4) is 0 Å². The van der Waals surface area contributed by atoms with Gasteiger partial charge in [-0.15, -0.1) is 0 Å². The first-order valence-corrected chi connectivity index (χ1v) is 24.4. The number of hydrogen-bond acceptors (Lipinski definition) is 19. The lowest BCUT2D eigenvalue weighted by Gasteiger charge is -2.30. The van der Waals surface area contributed by atoms with E-state index < -0.39 is 90.7 Å². The Bertz CT molecular complexity index is 2020. The highest BCUT2D eigenvalue weighted by Crippen LogP contribution is 2.61. The summed E-state index contributed by atoms with van der Waals surface area (Å²) in [6.45, 7) is 2.30. The highest BCUT2D eigenvalue weighted by Gasteiger charge is 2.50. The maximum Gasteiger partial charge on any atom is 0.481 e. The maximum absolute atomic E-state index is 12.7. The topological polar surface area (TPSA) is 384 Å². The molecule has 29 heteroatoms. The summed E-state index contributed by atoms with van der Waals surface area (Å²) in [7, 11) is -16.4. The van der Waals surface area contributed by atoms with Crippen molar-refractivity contribution in [1.29, 1.82) is 0 Å². The van der Waals surface area contributed by atoms with E-state index in [0.29, 0.717) is 6.42 Å². The number of amides is 2. The number of anilines is 1. The number of aliphatic hydroxyl groups excluding tert-OH is 3. The molecule has 8 unspecified atom stereocenters. The Kier molecular flexibility index (Phi) is 20.9. The smallest absolute Gasteiger partial charge is 0.393 e. The number of carbonyl (C=O) groups is 3. The summed E-state index contributed by atoms with van der Waals surface area (Å²) in [6.07, 6.45) is 3.15. The van der Waals surface area contributed by atoms with Gasteiger partial charge in [0.15, 0.2) is 22.8 Å². The number of nitrogens with zero attached hydrogens (tertiary/aromatic N) is 4.